The van der Waals surface area contributed by atoms with E-state index in [0.29, 0.717) is 0 Å². The highest BCUT2D eigenvalue weighted by molar-refractivity contribution is 8.14. The molecule has 0 radical (unpaired) electrons. The molecule has 2 aliphatic heterocycles. The van der Waals surface area contributed by atoms with E-state index in [1.165, 1.54) is 11.8 Å². The largest absolute Gasteiger partial charge is 0.378 e. The van der Waals surface area contributed by atoms with E-state index in [2.05, 4.69) is 20.2 Å². The third-order valence-electron chi connectivity index (χ3n) is 3.25. The zero-order valence-electron chi connectivity index (χ0n) is 10.5. The first-order chi connectivity index (χ1) is 9.33. The van der Waals surface area contributed by atoms with Crippen molar-refractivity contribution in [1.29, 1.82) is 0 Å². The summed E-state index contributed by atoms with van der Waals surface area (Å²) in [5.74, 6) is 2.49. The molecule has 1 unspecified atom stereocenters. The minimum atomic E-state index is -0.113. The number of hydrogen-bond acceptors (Lipinski definition) is 7. The van der Waals surface area contributed by atoms with Gasteiger partial charge >= 0.3 is 0 Å². The molecule has 19 heavy (non-hydrogen) atoms. The van der Waals surface area contributed by atoms with Crippen molar-refractivity contribution in [2.75, 3.05) is 42.3 Å². The Morgan fingerprint density at radius 2 is 2.21 bits per heavy atom. The summed E-state index contributed by atoms with van der Waals surface area (Å²) in [5, 5.41) is 3.39. The van der Waals surface area contributed by atoms with Gasteiger partial charge in [0, 0.05) is 24.9 Å². The van der Waals surface area contributed by atoms with E-state index in [0.717, 1.165) is 50.1 Å². The van der Waals surface area contributed by atoms with Gasteiger partial charge in [-0.25, -0.2) is 9.97 Å². The molecule has 3 rings (SSSR count). The average Bonchev–Trinajstić information content (AvgIpc) is 2.86. The standard InChI is InChI=1S/C12H16N4O2S/c17-12-9(1-6-19-12)15-10-7-11(14-8-13-10)16-2-4-18-5-3-16/h7-9H,1-6H2,(H,13,14,15). The van der Waals surface area contributed by atoms with Crippen LogP contribution in [0.5, 0.6) is 0 Å². The van der Waals surface area contributed by atoms with E-state index < -0.39 is 0 Å². The smallest absolute Gasteiger partial charge is 0.211 e. The van der Waals surface area contributed by atoms with Gasteiger partial charge in [-0.05, 0) is 6.42 Å². The number of morpholine rings is 1. The molecule has 7 heteroatoms. The maximum absolute atomic E-state index is 11.6. The van der Waals surface area contributed by atoms with Gasteiger partial charge in [0.1, 0.15) is 18.0 Å². The molecule has 6 nitrogen and oxygen atoms in total. The van der Waals surface area contributed by atoms with Gasteiger partial charge < -0.3 is 15.0 Å². The van der Waals surface area contributed by atoms with Crippen molar-refractivity contribution in [3.05, 3.63) is 12.4 Å². The average molecular weight is 280 g/mol. The van der Waals surface area contributed by atoms with Gasteiger partial charge in [0.15, 0.2) is 0 Å². The Morgan fingerprint density at radius 3 is 2.95 bits per heavy atom. The van der Waals surface area contributed by atoms with Crippen molar-refractivity contribution in [1.82, 2.24) is 9.97 Å². The molecule has 1 atom stereocenters. The van der Waals surface area contributed by atoms with Crippen LogP contribution < -0.4 is 10.2 Å². The van der Waals surface area contributed by atoms with Gasteiger partial charge in [-0.2, -0.15) is 0 Å². The fourth-order valence-electron chi connectivity index (χ4n) is 2.20. The molecular weight excluding hydrogens is 264 g/mol. The molecule has 2 aliphatic rings. The second-order valence-corrected chi connectivity index (χ2v) is 5.61. The molecule has 1 aromatic rings. The Kier molecular flexibility index (Phi) is 3.84. The Bertz CT molecular complexity index is 465. The van der Waals surface area contributed by atoms with Crippen LogP contribution >= 0.6 is 11.8 Å². The minimum Gasteiger partial charge on any atom is -0.378 e. The van der Waals surface area contributed by atoms with Crippen molar-refractivity contribution in [3.63, 3.8) is 0 Å². The summed E-state index contributed by atoms with van der Waals surface area (Å²) >= 11 is 1.39. The van der Waals surface area contributed by atoms with Crippen molar-refractivity contribution in [2.45, 2.75) is 12.5 Å². The van der Waals surface area contributed by atoms with Crippen molar-refractivity contribution < 1.29 is 9.53 Å². The van der Waals surface area contributed by atoms with Gasteiger partial charge in [0.25, 0.3) is 0 Å². The van der Waals surface area contributed by atoms with Crippen LogP contribution in [0.25, 0.3) is 0 Å². The van der Waals surface area contributed by atoms with Crippen molar-refractivity contribution >= 4 is 28.5 Å². The molecule has 0 spiro atoms. The summed E-state index contributed by atoms with van der Waals surface area (Å²) in [4.78, 5) is 22.2. The van der Waals surface area contributed by atoms with Crippen LogP contribution in [0, 0.1) is 0 Å². The van der Waals surface area contributed by atoms with Crippen LogP contribution in [0.2, 0.25) is 0 Å². The summed E-state index contributed by atoms with van der Waals surface area (Å²) in [6, 6.07) is 1.79. The number of nitrogens with one attached hydrogen (secondary N) is 1. The van der Waals surface area contributed by atoms with E-state index in [1.54, 1.807) is 6.33 Å². The highest BCUT2D eigenvalue weighted by atomic mass is 32.2. The van der Waals surface area contributed by atoms with Gasteiger partial charge in [0.05, 0.1) is 19.3 Å². The molecule has 102 valence electrons. The number of nitrogens with zero attached hydrogens (tertiary/aromatic N) is 3. The number of aromatic nitrogens is 2. The molecule has 2 fully saturated rings. The van der Waals surface area contributed by atoms with Crippen LogP contribution in [0.4, 0.5) is 11.6 Å². The highest BCUT2D eigenvalue weighted by Crippen LogP contribution is 2.23. The van der Waals surface area contributed by atoms with Gasteiger partial charge in [0.2, 0.25) is 5.12 Å². The molecule has 0 amide bonds. The number of hydrogen-bond donors (Lipinski definition) is 1. The summed E-state index contributed by atoms with van der Waals surface area (Å²) in [7, 11) is 0. The summed E-state index contributed by atoms with van der Waals surface area (Å²) in [6.07, 6.45) is 2.40. The normalized spacial score (nSPS) is 23.7. The fourth-order valence-corrected chi connectivity index (χ4v) is 3.13. The van der Waals surface area contributed by atoms with E-state index in [-0.39, 0.29) is 11.2 Å². The molecule has 0 bridgehead atoms. The molecular formula is C12H16N4O2S. The number of thioether (sulfide) groups is 1. The monoisotopic (exact) mass is 280 g/mol. The number of ether oxygens (including phenoxy) is 1. The molecule has 1 aromatic heterocycles. The third kappa shape index (κ3) is 2.98. The van der Waals surface area contributed by atoms with Gasteiger partial charge in [-0.3, -0.25) is 4.79 Å². The maximum atomic E-state index is 11.6. The lowest BCUT2D eigenvalue weighted by atomic mass is 10.2. The van der Waals surface area contributed by atoms with Gasteiger partial charge in [-0.15, -0.1) is 0 Å². The van der Waals surface area contributed by atoms with E-state index in [9.17, 15) is 4.79 Å². The minimum absolute atomic E-state index is 0.113. The Hall–Kier alpha value is -1.34. The predicted molar refractivity (Wildman–Crippen MR) is 74.6 cm³/mol. The summed E-state index contributed by atoms with van der Waals surface area (Å²) < 4.78 is 5.33. The van der Waals surface area contributed by atoms with Crippen LogP contribution in [0.1, 0.15) is 6.42 Å². The highest BCUT2D eigenvalue weighted by Gasteiger charge is 2.25. The van der Waals surface area contributed by atoms with Crippen LogP contribution in [0.3, 0.4) is 0 Å². The number of anilines is 2. The number of carbonyl (C=O) groups excluding carboxylic acids is 1. The lowest BCUT2D eigenvalue weighted by molar-refractivity contribution is -0.111. The second-order valence-electron chi connectivity index (χ2n) is 4.51. The van der Waals surface area contributed by atoms with Crippen molar-refractivity contribution in [3.8, 4) is 0 Å². The zero-order chi connectivity index (χ0) is 13.1. The lowest BCUT2D eigenvalue weighted by Gasteiger charge is -2.27. The first kappa shape index (κ1) is 12.7. The molecule has 3 heterocycles. The fraction of sp³-hybridized carbons (Fsp3) is 0.583. The molecule has 0 saturated carbocycles. The Morgan fingerprint density at radius 1 is 1.37 bits per heavy atom. The van der Waals surface area contributed by atoms with Crippen LogP contribution in [-0.2, 0) is 9.53 Å². The van der Waals surface area contributed by atoms with Crippen molar-refractivity contribution in [2.24, 2.45) is 0 Å². The second kappa shape index (κ2) is 5.75. The summed E-state index contributed by atoms with van der Waals surface area (Å²) in [5.41, 5.74) is 0. The SMILES string of the molecule is O=C1SCCC1Nc1cc(N2CCOCC2)ncn1. The Balaban J connectivity index is 1.70. The van der Waals surface area contributed by atoms with Gasteiger partial charge in [-0.1, -0.05) is 11.8 Å². The molecule has 2 saturated heterocycles. The zero-order valence-corrected chi connectivity index (χ0v) is 11.4. The van der Waals surface area contributed by atoms with Crippen LogP contribution in [-0.4, -0.2) is 53.2 Å². The molecule has 0 aliphatic carbocycles. The predicted octanol–water partition coefficient (Wildman–Crippen LogP) is 0.757. The van der Waals surface area contributed by atoms with E-state index >= 15 is 0 Å². The maximum Gasteiger partial charge on any atom is 0.211 e. The molecule has 0 aromatic carbocycles. The van der Waals surface area contributed by atoms with E-state index in [4.69, 9.17) is 4.74 Å². The summed E-state index contributed by atoms with van der Waals surface area (Å²) in [6.45, 7) is 3.14. The number of carbonyl (C=O) groups is 1. The quantitative estimate of drug-likeness (QED) is 0.876. The van der Waals surface area contributed by atoms with E-state index in [1.807, 2.05) is 6.07 Å². The topological polar surface area (TPSA) is 67.4 Å². The van der Waals surface area contributed by atoms with Crippen LogP contribution in [0.15, 0.2) is 12.4 Å². The number of rotatable bonds is 3. The Labute approximate surface area is 115 Å². The molecule has 1 N–H and O–H groups in total. The third-order valence-corrected chi connectivity index (χ3v) is 4.25. The first-order valence-electron chi connectivity index (χ1n) is 6.41. The lowest BCUT2D eigenvalue weighted by Crippen LogP contribution is -2.36. The first-order valence-corrected chi connectivity index (χ1v) is 7.39.